The van der Waals surface area contributed by atoms with Gasteiger partial charge in [0.2, 0.25) is 0 Å². The maximum atomic E-state index is 5.11. The smallest absolute Gasteiger partial charge is 0.196 e. The summed E-state index contributed by atoms with van der Waals surface area (Å²) in [7, 11) is 0. The molecule has 3 N–H and O–H groups in total. The molecule has 0 fully saturated rings. The number of nitrogens with one attached hydrogen (secondary N) is 3. The van der Waals surface area contributed by atoms with Gasteiger partial charge in [-0.05, 0) is 25.1 Å². The molecule has 7 heteroatoms. The molecule has 1 heterocycles. The van der Waals surface area contributed by atoms with Crippen LogP contribution in [0.2, 0.25) is 0 Å². The van der Waals surface area contributed by atoms with E-state index in [0.29, 0.717) is 16.9 Å². The second-order valence-electron chi connectivity index (χ2n) is 3.74. The van der Waals surface area contributed by atoms with Crippen molar-refractivity contribution in [3.8, 4) is 0 Å². The Hall–Kier alpha value is -1.24. The second-order valence-corrected chi connectivity index (χ2v) is 4.15. The standard InChI is InChI=1S/C8H16N6S/c1-5(2)4-9-8(15)10-6(3)7-11-13-14-12-7/h5-6H,4H2,1-3H3,(H2,9,10,15)(H,11,12,13,14). The van der Waals surface area contributed by atoms with Gasteiger partial charge in [-0.25, -0.2) is 0 Å². The summed E-state index contributed by atoms with van der Waals surface area (Å²) in [6, 6.07) is -0.0455. The van der Waals surface area contributed by atoms with Crippen LogP contribution in [0.4, 0.5) is 0 Å². The van der Waals surface area contributed by atoms with Crippen LogP contribution in [0, 0.1) is 5.92 Å². The number of rotatable bonds is 4. The number of hydrogen-bond acceptors (Lipinski definition) is 4. The van der Waals surface area contributed by atoms with Gasteiger partial charge < -0.3 is 10.6 Å². The molecule has 6 nitrogen and oxygen atoms in total. The van der Waals surface area contributed by atoms with E-state index in [1.807, 2.05) is 6.92 Å². The molecule has 15 heavy (non-hydrogen) atoms. The van der Waals surface area contributed by atoms with Gasteiger partial charge in [-0.2, -0.15) is 5.21 Å². The SMILES string of the molecule is CC(C)CNC(=S)NC(C)c1nn[nH]n1. The lowest BCUT2D eigenvalue weighted by Crippen LogP contribution is -2.38. The molecule has 0 amide bonds. The van der Waals surface area contributed by atoms with Crippen LogP contribution in [0.5, 0.6) is 0 Å². The Bertz CT molecular complexity index is 296. The Morgan fingerprint density at radius 1 is 1.47 bits per heavy atom. The maximum absolute atomic E-state index is 5.11. The first-order chi connectivity index (χ1) is 7.09. The second kappa shape index (κ2) is 5.59. The Kier molecular flexibility index (Phi) is 4.41. The third-order valence-electron chi connectivity index (χ3n) is 1.77. The van der Waals surface area contributed by atoms with Gasteiger partial charge >= 0.3 is 0 Å². The molecular weight excluding hydrogens is 212 g/mol. The van der Waals surface area contributed by atoms with E-state index in [4.69, 9.17) is 12.2 Å². The Morgan fingerprint density at radius 3 is 2.73 bits per heavy atom. The molecule has 0 aliphatic rings. The minimum atomic E-state index is -0.0455. The normalized spacial score (nSPS) is 12.5. The van der Waals surface area contributed by atoms with E-state index in [9.17, 15) is 0 Å². The molecule has 0 aliphatic heterocycles. The van der Waals surface area contributed by atoms with E-state index >= 15 is 0 Å². The largest absolute Gasteiger partial charge is 0.362 e. The van der Waals surface area contributed by atoms with Crippen LogP contribution in [0.1, 0.15) is 32.6 Å². The van der Waals surface area contributed by atoms with E-state index in [1.54, 1.807) is 0 Å². The summed E-state index contributed by atoms with van der Waals surface area (Å²) in [6.07, 6.45) is 0. The molecular formula is C8H16N6S. The molecule has 0 aromatic carbocycles. The Labute approximate surface area is 94.2 Å². The third kappa shape index (κ3) is 4.20. The Balaban J connectivity index is 2.32. The van der Waals surface area contributed by atoms with Crippen molar-refractivity contribution in [1.29, 1.82) is 0 Å². The van der Waals surface area contributed by atoms with Gasteiger partial charge in [-0.3, -0.25) is 0 Å². The van der Waals surface area contributed by atoms with Crippen molar-refractivity contribution in [2.75, 3.05) is 6.54 Å². The van der Waals surface area contributed by atoms with Crippen molar-refractivity contribution >= 4 is 17.3 Å². The molecule has 1 aromatic heterocycles. The van der Waals surface area contributed by atoms with Gasteiger partial charge in [0.15, 0.2) is 10.9 Å². The first-order valence-electron chi connectivity index (χ1n) is 4.87. The average Bonchev–Trinajstić information content (AvgIpc) is 2.67. The van der Waals surface area contributed by atoms with Crippen molar-refractivity contribution in [1.82, 2.24) is 31.3 Å². The van der Waals surface area contributed by atoms with Crippen LogP contribution >= 0.6 is 12.2 Å². The highest BCUT2D eigenvalue weighted by Crippen LogP contribution is 2.02. The number of hydrogen-bond donors (Lipinski definition) is 3. The molecule has 84 valence electrons. The molecule has 0 aliphatic carbocycles. The lowest BCUT2D eigenvalue weighted by molar-refractivity contribution is 0.601. The fourth-order valence-electron chi connectivity index (χ4n) is 0.962. The number of tetrazole rings is 1. The first-order valence-corrected chi connectivity index (χ1v) is 5.28. The summed E-state index contributed by atoms with van der Waals surface area (Å²) < 4.78 is 0. The lowest BCUT2D eigenvalue weighted by Gasteiger charge is -2.15. The minimum absolute atomic E-state index is 0.0455. The number of aromatic amines is 1. The third-order valence-corrected chi connectivity index (χ3v) is 2.03. The van der Waals surface area contributed by atoms with Gasteiger partial charge in [0.1, 0.15) is 0 Å². The van der Waals surface area contributed by atoms with E-state index in [0.717, 1.165) is 6.54 Å². The van der Waals surface area contributed by atoms with Gasteiger partial charge in [0.25, 0.3) is 0 Å². The van der Waals surface area contributed by atoms with Gasteiger partial charge in [0, 0.05) is 6.54 Å². The van der Waals surface area contributed by atoms with E-state index in [1.165, 1.54) is 0 Å². The van der Waals surface area contributed by atoms with Crippen molar-refractivity contribution in [2.24, 2.45) is 5.92 Å². The zero-order chi connectivity index (χ0) is 11.3. The number of nitrogens with zero attached hydrogens (tertiary/aromatic N) is 3. The lowest BCUT2D eigenvalue weighted by atomic mass is 10.2. The molecule has 0 radical (unpaired) electrons. The van der Waals surface area contributed by atoms with E-state index < -0.39 is 0 Å². The van der Waals surface area contributed by atoms with Crippen molar-refractivity contribution in [3.05, 3.63) is 5.82 Å². The molecule has 1 unspecified atom stereocenters. The van der Waals surface area contributed by atoms with Gasteiger partial charge in [-0.1, -0.05) is 19.1 Å². The minimum Gasteiger partial charge on any atom is -0.362 e. The van der Waals surface area contributed by atoms with E-state index in [-0.39, 0.29) is 6.04 Å². The summed E-state index contributed by atoms with van der Waals surface area (Å²) in [5.74, 6) is 1.16. The predicted molar refractivity (Wildman–Crippen MR) is 61.2 cm³/mol. The van der Waals surface area contributed by atoms with E-state index in [2.05, 4.69) is 45.1 Å². The highest BCUT2D eigenvalue weighted by molar-refractivity contribution is 7.80. The predicted octanol–water partition coefficient (Wildman–Crippen LogP) is 0.381. The van der Waals surface area contributed by atoms with Crippen LogP contribution in [0.25, 0.3) is 0 Å². The number of thiocarbonyl (C=S) groups is 1. The molecule has 1 atom stereocenters. The van der Waals surface area contributed by atoms with Crippen molar-refractivity contribution in [3.63, 3.8) is 0 Å². The summed E-state index contributed by atoms with van der Waals surface area (Å²) >= 11 is 5.11. The molecule has 0 spiro atoms. The van der Waals surface area contributed by atoms with Crippen LogP contribution in [-0.4, -0.2) is 32.3 Å². The molecule has 0 saturated carbocycles. The van der Waals surface area contributed by atoms with Crippen molar-refractivity contribution < 1.29 is 0 Å². The number of H-pyrrole nitrogens is 1. The zero-order valence-corrected chi connectivity index (χ0v) is 9.93. The number of aromatic nitrogens is 4. The summed E-state index contributed by atoms with van der Waals surface area (Å²) in [5, 5.41) is 20.4. The van der Waals surface area contributed by atoms with Gasteiger partial charge in [-0.15, -0.1) is 10.2 Å². The Morgan fingerprint density at radius 2 is 2.20 bits per heavy atom. The van der Waals surface area contributed by atoms with Crippen LogP contribution in [0.15, 0.2) is 0 Å². The van der Waals surface area contributed by atoms with Crippen LogP contribution in [-0.2, 0) is 0 Å². The maximum Gasteiger partial charge on any atom is 0.196 e. The molecule has 1 rings (SSSR count). The van der Waals surface area contributed by atoms with Gasteiger partial charge in [0.05, 0.1) is 6.04 Å². The summed E-state index contributed by atoms with van der Waals surface area (Å²) in [6.45, 7) is 7.02. The topological polar surface area (TPSA) is 78.5 Å². The highest BCUT2D eigenvalue weighted by atomic mass is 32.1. The molecule has 0 bridgehead atoms. The van der Waals surface area contributed by atoms with Crippen LogP contribution in [0.3, 0.4) is 0 Å². The fraction of sp³-hybridized carbons (Fsp3) is 0.750. The molecule has 0 saturated heterocycles. The van der Waals surface area contributed by atoms with Crippen molar-refractivity contribution in [2.45, 2.75) is 26.8 Å². The average molecular weight is 228 g/mol. The first kappa shape index (κ1) is 11.8. The summed E-state index contributed by atoms with van der Waals surface area (Å²) in [5.41, 5.74) is 0. The quantitative estimate of drug-likeness (QED) is 0.647. The monoisotopic (exact) mass is 228 g/mol. The summed E-state index contributed by atoms with van der Waals surface area (Å²) in [4.78, 5) is 0. The van der Waals surface area contributed by atoms with Crippen LogP contribution < -0.4 is 10.6 Å². The zero-order valence-electron chi connectivity index (χ0n) is 9.11. The highest BCUT2D eigenvalue weighted by Gasteiger charge is 2.10. The molecule has 1 aromatic rings. The fourth-order valence-corrected chi connectivity index (χ4v) is 1.22.